The smallest absolute Gasteiger partial charge is 0.486 e. The van der Waals surface area contributed by atoms with Crippen LogP contribution >= 0.6 is 0 Å². The average molecular weight is 494 g/mol. The topological polar surface area (TPSA) is 118 Å². The quantitative estimate of drug-likeness (QED) is 0.507. The van der Waals surface area contributed by atoms with Crippen molar-refractivity contribution in [3.63, 3.8) is 0 Å². The van der Waals surface area contributed by atoms with Crippen molar-refractivity contribution < 1.29 is 55.6 Å². The number of benzene rings is 2. The number of alkyl halides is 6. The van der Waals surface area contributed by atoms with Crippen molar-refractivity contribution >= 4 is 35.7 Å². The highest BCUT2D eigenvalue weighted by atomic mass is 19.4. The van der Waals surface area contributed by atoms with E-state index >= 15 is 0 Å². The Balaban J connectivity index is 0.000000231. The number of carboxylic acids is 2. The lowest BCUT2D eigenvalue weighted by Gasteiger charge is -2.09. The molecule has 0 aliphatic carbocycles. The molecule has 2 aromatic carbocycles. The molecular formula is C20H16F6N2O6. The highest BCUT2D eigenvalue weighted by Crippen LogP contribution is 2.28. The van der Waals surface area contributed by atoms with Gasteiger partial charge < -0.3 is 19.7 Å². The van der Waals surface area contributed by atoms with E-state index in [-0.39, 0.29) is 0 Å². The summed E-state index contributed by atoms with van der Waals surface area (Å²) in [6.45, 7) is 1.19. The van der Waals surface area contributed by atoms with E-state index in [1.807, 2.05) is 48.5 Å². The highest BCUT2D eigenvalue weighted by molar-refractivity contribution is 5.73. The number of ether oxygens (including phenoxy) is 2. The first kappa shape index (κ1) is 27.9. The average Bonchev–Trinajstić information content (AvgIpc) is 2.79. The Morgan fingerprint density at radius 3 is 1.24 bits per heavy atom. The maximum Gasteiger partial charge on any atom is 0.490 e. The van der Waals surface area contributed by atoms with E-state index in [0.717, 1.165) is 22.9 Å². The summed E-state index contributed by atoms with van der Waals surface area (Å²) < 4.78 is 74.0. The minimum atomic E-state index is -5.08. The number of hydrogen-bond acceptors (Lipinski definition) is 6. The summed E-state index contributed by atoms with van der Waals surface area (Å²) in [5, 5.41) is 14.2. The van der Waals surface area contributed by atoms with Gasteiger partial charge in [-0.15, -0.1) is 0 Å². The number of fused-ring (bicyclic) bond motifs is 2. The molecule has 184 valence electrons. The second-order valence-electron chi connectivity index (χ2n) is 5.79. The number of aliphatic imine (C=N–C) groups is 2. The van der Waals surface area contributed by atoms with E-state index < -0.39 is 24.3 Å². The number of carboxylic acid groups (broad SMARTS) is 2. The van der Waals surface area contributed by atoms with Gasteiger partial charge in [-0.05, 0) is 24.3 Å². The summed E-state index contributed by atoms with van der Waals surface area (Å²) in [6, 6.07) is 15.5. The Hall–Kier alpha value is -4.10. The molecule has 34 heavy (non-hydrogen) atoms. The van der Waals surface area contributed by atoms with Crippen LogP contribution in [0.15, 0.2) is 58.5 Å². The largest absolute Gasteiger partial charge is 0.490 e. The molecule has 2 aliphatic rings. The Bertz CT molecular complexity index is 940. The monoisotopic (exact) mass is 494 g/mol. The lowest BCUT2D eigenvalue weighted by molar-refractivity contribution is -0.193. The van der Waals surface area contributed by atoms with Gasteiger partial charge in [-0.2, -0.15) is 26.3 Å². The third-order valence-electron chi connectivity index (χ3n) is 3.30. The number of halogens is 6. The number of hydrogen-bond donors (Lipinski definition) is 2. The van der Waals surface area contributed by atoms with Crippen molar-refractivity contribution in [1.29, 1.82) is 0 Å². The van der Waals surface area contributed by atoms with E-state index in [4.69, 9.17) is 29.3 Å². The van der Waals surface area contributed by atoms with Gasteiger partial charge in [-0.3, -0.25) is 9.98 Å². The summed E-state index contributed by atoms with van der Waals surface area (Å²) in [7, 11) is 0. The van der Waals surface area contributed by atoms with Gasteiger partial charge in [-0.1, -0.05) is 24.3 Å². The maximum absolute atomic E-state index is 10.6. The van der Waals surface area contributed by atoms with Crippen LogP contribution in [0.2, 0.25) is 0 Å². The molecule has 8 nitrogen and oxygen atoms in total. The van der Waals surface area contributed by atoms with Gasteiger partial charge in [0.1, 0.15) is 36.1 Å². The second kappa shape index (κ2) is 12.8. The van der Waals surface area contributed by atoms with E-state index in [9.17, 15) is 26.3 Å². The van der Waals surface area contributed by atoms with Crippen LogP contribution in [0.25, 0.3) is 0 Å². The van der Waals surface area contributed by atoms with Crippen molar-refractivity contribution in [2.45, 2.75) is 12.4 Å². The van der Waals surface area contributed by atoms with Crippen LogP contribution in [0.3, 0.4) is 0 Å². The number of rotatable bonds is 0. The molecule has 4 rings (SSSR count). The summed E-state index contributed by atoms with van der Waals surface area (Å²) in [4.78, 5) is 26.1. The molecule has 14 heteroatoms. The van der Waals surface area contributed by atoms with Gasteiger partial charge in [0.05, 0.1) is 0 Å². The minimum Gasteiger partial charge on any atom is -0.486 e. The van der Waals surface area contributed by atoms with Crippen LogP contribution in [0.5, 0.6) is 11.5 Å². The number of nitrogens with zero attached hydrogens (tertiary/aromatic N) is 2. The van der Waals surface area contributed by atoms with Gasteiger partial charge >= 0.3 is 24.3 Å². The lowest BCUT2D eigenvalue weighted by Crippen LogP contribution is -2.21. The zero-order valence-corrected chi connectivity index (χ0v) is 16.9. The molecule has 0 amide bonds. The van der Waals surface area contributed by atoms with E-state index in [1.54, 1.807) is 12.4 Å². The van der Waals surface area contributed by atoms with E-state index in [0.29, 0.717) is 13.2 Å². The van der Waals surface area contributed by atoms with E-state index in [1.165, 1.54) is 0 Å². The molecule has 0 saturated heterocycles. The molecule has 0 unspecified atom stereocenters. The molecule has 0 radical (unpaired) electrons. The van der Waals surface area contributed by atoms with Gasteiger partial charge in [0.15, 0.2) is 0 Å². The fraction of sp³-hybridized carbons (Fsp3) is 0.200. The fourth-order valence-corrected chi connectivity index (χ4v) is 1.90. The predicted octanol–water partition coefficient (Wildman–Crippen LogP) is 4.83. The first-order valence-electron chi connectivity index (χ1n) is 8.91. The third kappa shape index (κ3) is 10.5. The van der Waals surface area contributed by atoms with Crippen molar-refractivity contribution in [1.82, 2.24) is 0 Å². The van der Waals surface area contributed by atoms with Crippen molar-refractivity contribution in [3.8, 4) is 11.5 Å². The van der Waals surface area contributed by atoms with Gasteiger partial charge in [0, 0.05) is 12.4 Å². The van der Waals surface area contributed by atoms with Gasteiger partial charge in [0.25, 0.3) is 0 Å². The number of para-hydroxylation sites is 4. The molecule has 2 aromatic rings. The van der Waals surface area contributed by atoms with Gasteiger partial charge in [0.2, 0.25) is 0 Å². The molecule has 0 aromatic heterocycles. The summed E-state index contributed by atoms with van der Waals surface area (Å²) in [5.74, 6) is -3.75. The van der Waals surface area contributed by atoms with Crippen molar-refractivity contribution in [2.75, 3.05) is 13.2 Å². The molecule has 0 bridgehead atoms. The first-order chi connectivity index (χ1) is 15.8. The molecule has 0 spiro atoms. The Morgan fingerprint density at radius 1 is 0.676 bits per heavy atom. The lowest BCUT2D eigenvalue weighted by atomic mass is 10.3. The number of aliphatic carboxylic acids is 2. The molecule has 0 atom stereocenters. The van der Waals surface area contributed by atoms with Crippen LogP contribution in [0.1, 0.15) is 0 Å². The predicted molar refractivity (Wildman–Crippen MR) is 108 cm³/mol. The normalized spacial score (nSPS) is 12.9. The molecule has 0 saturated carbocycles. The van der Waals surface area contributed by atoms with Crippen LogP contribution < -0.4 is 9.47 Å². The fourth-order valence-electron chi connectivity index (χ4n) is 1.90. The summed E-state index contributed by atoms with van der Waals surface area (Å²) >= 11 is 0. The Labute approximate surface area is 187 Å². The molecule has 2 N–H and O–H groups in total. The molecule has 2 heterocycles. The molecule has 0 fully saturated rings. The van der Waals surface area contributed by atoms with Crippen molar-refractivity contribution in [2.24, 2.45) is 9.98 Å². The standard InChI is InChI=1S/2C8H7NO.2C2HF3O2/c2*1-2-4-8-7(3-1)9-5-6-10-8;2*3-2(4,5)1(6)7/h2*1-5H,6H2;2*(H,6,7). The van der Waals surface area contributed by atoms with Crippen LogP contribution in [0.4, 0.5) is 37.7 Å². The van der Waals surface area contributed by atoms with Crippen LogP contribution in [-0.4, -0.2) is 60.1 Å². The summed E-state index contributed by atoms with van der Waals surface area (Å²) in [5.41, 5.74) is 1.85. The Morgan fingerprint density at radius 2 is 0.971 bits per heavy atom. The van der Waals surface area contributed by atoms with E-state index in [2.05, 4.69) is 9.98 Å². The summed E-state index contributed by atoms with van der Waals surface area (Å²) in [6.07, 6.45) is -6.63. The van der Waals surface area contributed by atoms with Crippen molar-refractivity contribution in [3.05, 3.63) is 48.5 Å². The van der Waals surface area contributed by atoms with Crippen LogP contribution in [-0.2, 0) is 9.59 Å². The van der Waals surface area contributed by atoms with Crippen LogP contribution in [0, 0.1) is 0 Å². The van der Waals surface area contributed by atoms with Gasteiger partial charge in [-0.25, -0.2) is 9.59 Å². The second-order valence-corrected chi connectivity index (χ2v) is 5.79. The third-order valence-corrected chi connectivity index (χ3v) is 3.30. The highest BCUT2D eigenvalue weighted by Gasteiger charge is 2.38. The Kier molecular flexibility index (Phi) is 10.5. The molecular weight excluding hydrogens is 478 g/mol. The first-order valence-corrected chi connectivity index (χ1v) is 8.91. The zero-order valence-electron chi connectivity index (χ0n) is 16.9. The molecule has 2 aliphatic heterocycles. The SMILES string of the molecule is C1=Nc2ccccc2OC1.C1=Nc2ccccc2OC1.O=C(O)C(F)(F)F.O=C(O)C(F)(F)F. The minimum absolute atomic E-state index is 0.594. The maximum atomic E-state index is 10.6. The zero-order chi connectivity index (χ0) is 25.8. The number of carbonyl (C=O) groups is 2.